The first-order valence-electron chi connectivity index (χ1n) is 7.22. The molecule has 0 radical (unpaired) electrons. The molecule has 2 atom stereocenters. The highest BCUT2D eigenvalue weighted by Gasteiger charge is 2.28. The van der Waals surface area contributed by atoms with Crippen LogP contribution in [0.15, 0.2) is 33.6 Å². The fourth-order valence-corrected chi connectivity index (χ4v) is 3.43. The van der Waals surface area contributed by atoms with Crippen LogP contribution in [0.4, 0.5) is 0 Å². The molecule has 124 valence electrons. The molecular weight excluding hydrogens is 388 g/mol. The standard InChI is InChI=1S/C15H21BrN2O2S.ClH/c16-12-5-7-13(8-6-12)21(20)9-1-2-15(19)18-10-14(17)11-3-4-11;/h5-8,11,14H,1-4,9-10,17H2,(H,18,19);1H. The number of carbonyl (C=O) groups is 1. The van der Waals surface area contributed by atoms with E-state index in [-0.39, 0.29) is 24.4 Å². The van der Waals surface area contributed by atoms with E-state index in [0.29, 0.717) is 31.1 Å². The van der Waals surface area contributed by atoms with Crippen LogP contribution >= 0.6 is 28.3 Å². The van der Waals surface area contributed by atoms with E-state index in [1.165, 1.54) is 12.8 Å². The average Bonchev–Trinajstić information content (AvgIpc) is 3.30. The van der Waals surface area contributed by atoms with Gasteiger partial charge in [-0.15, -0.1) is 12.4 Å². The number of hydrogen-bond acceptors (Lipinski definition) is 3. The molecule has 0 saturated heterocycles. The van der Waals surface area contributed by atoms with E-state index in [1.54, 1.807) is 0 Å². The topological polar surface area (TPSA) is 72.2 Å². The van der Waals surface area contributed by atoms with E-state index < -0.39 is 10.8 Å². The third kappa shape index (κ3) is 6.77. The molecule has 7 heteroatoms. The second-order valence-corrected chi connectivity index (χ2v) is 7.90. The molecule has 0 aliphatic heterocycles. The van der Waals surface area contributed by atoms with Crippen LogP contribution in [0, 0.1) is 5.92 Å². The fourth-order valence-electron chi connectivity index (χ4n) is 2.08. The van der Waals surface area contributed by atoms with Crippen molar-refractivity contribution >= 4 is 45.0 Å². The number of nitrogens with one attached hydrogen (secondary N) is 1. The zero-order chi connectivity index (χ0) is 15.2. The Labute approximate surface area is 148 Å². The van der Waals surface area contributed by atoms with Gasteiger partial charge in [0.2, 0.25) is 5.91 Å². The molecule has 1 saturated carbocycles. The molecule has 1 aliphatic carbocycles. The highest BCUT2D eigenvalue weighted by atomic mass is 79.9. The Kier molecular flexibility index (Phi) is 8.61. The van der Waals surface area contributed by atoms with Gasteiger partial charge in [0.25, 0.3) is 0 Å². The fraction of sp³-hybridized carbons (Fsp3) is 0.533. The molecule has 1 aromatic rings. The molecule has 1 aliphatic rings. The van der Waals surface area contributed by atoms with Crippen molar-refractivity contribution in [3.63, 3.8) is 0 Å². The normalized spacial score (nSPS) is 16.5. The molecule has 0 spiro atoms. The summed E-state index contributed by atoms with van der Waals surface area (Å²) in [5.74, 6) is 1.10. The van der Waals surface area contributed by atoms with Gasteiger partial charge in [0, 0.05) is 34.1 Å². The highest BCUT2D eigenvalue weighted by Crippen LogP contribution is 2.31. The van der Waals surface area contributed by atoms with E-state index in [1.807, 2.05) is 24.3 Å². The monoisotopic (exact) mass is 408 g/mol. The van der Waals surface area contributed by atoms with Crippen molar-refractivity contribution in [1.82, 2.24) is 5.32 Å². The zero-order valence-corrected chi connectivity index (χ0v) is 15.5. The van der Waals surface area contributed by atoms with Gasteiger partial charge in [-0.2, -0.15) is 0 Å². The van der Waals surface area contributed by atoms with Crippen molar-refractivity contribution in [3.8, 4) is 0 Å². The van der Waals surface area contributed by atoms with Crippen molar-refractivity contribution in [2.45, 2.75) is 36.6 Å². The molecule has 0 bridgehead atoms. The molecule has 22 heavy (non-hydrogen) atoms. The van der Waals surface area contributed by atoms with Gasteiger partial charge in [0.15, 0.2) is 0 Å². The molecule has 0 heterocycles. The van der Waals surface area contributed by atoms with Crippen LogP contribution in [-0.4, -0.2) is 28.5 Å². The van der Waals surface area contributed by atoms with Crippen LogP contribution in [0.2, 0.25) is 0 Å². The smallest absolute Gasteiger partial charge is 0.220 e. The third-order valence-electron chi connectivity index (χ3n) is 3.57. The molecule has 1 amide bonds. The molecular formula is C15H22BrClN2O2S. The minimum atomic E-state index is -1.04. The summed E-state index contributed by atoms with van der Waals surface area (Å²) in [6, 6.07) is 7.52. The van der Waals surface area contributed by atoms with Gasteiger partial charge in [-0.3, -0.25) is 9.00 Å². The lowest BCUT2D eigenvalue weighted by molar-refractivity contribution is -0.121. The van der Waals surface area contributed by atoms with Crippen molar-refractivity contribution in [2.24, 2.45) is 11.7 Å². The van der Waals surface area contributed by atoms with Gasteiger partial charge in [0.1, 0.15) is 0 Å². The predicted molar refractivity (Wildman–Crippen MR) is 95.6 cm³/mol. The van der Waals surface area contributed by atoms with E-state index >= 15 is 0 Å². The van der Waals surface area contributed by atoms with Gasteiger partial charge < -0.3 is 11.1 Å². The van der Waals surface area contributed by atoms with E-state index in [2.05, 4.69) is 21.2 Å². The van der Waals surface area contributed by atoms with E-state index in [9.17, 15) is 9.00 Å². The first-order chi connectivity index (χ1) is 10.1. The molecule has 0 aromatic heterocycles. The van der Waals surface area contributed by atoms with Crippen molar-refractivity contribution in [3.05, 3.63) is 28.7 Å². The van der Waals surface area contributed by atoms with Gasteiger partial charge in [-0.1, -0.05) is 15.9 Å². The van der Waals surface area contributed by atoms with E-state index in [0.717, 1.165) is 9.37 Å². The lowest BCUT2D eigenvalue weighted by atomic mass is 10.2. The average molecular weight is 410 g/mol. The first-order valence-corrected chi connectivity index (χ1v) is 9.33. The number of amides is 1. The molecule has 2 rings (SSSR count). The Morgan fingerprint density at radius 3 is 2.59 bits per heavy atom. The summed E-state index contributed by atoms with van der Waals surface area (Å²) >= 11 is 3.35. The van der Waals surface area contributed by atoms with Crippen molar-refractivity contribution < 1.29 is 9.00 Å². The van der Waals surface area contributed by atoms with Gasteiger partial charge in [-0.05, 0) is 49.4 Å². The Morgan fingerprint density at radius 2 is 2.00 bits per heavy atom. The van der Waals surface area contributed by atoms with Crippen LogP contribution in [-0.2, 0) is 15.6 Å². The summed E-state index contributed by atoms with van der Waals surface area (Å²) in [5.41, 5.74) is 5.93. The largest absolute Gasteiger partial charge is 0.355 e. The SMILES string of the molecule is Cl.NC(CNC(=O)CCCS(=O)c1ccc(Br)cc1)C1CC1. The number of carbonyl (C=O) groups excluding carboxylic acids is 1. The Balaban J connectivity index is 0.00000242. The summed E-state index contributed by atoms with van der Waals surface area (Å²) in [5, 5.41) is 2.86. The van der Waals surface area contributed by atoms with Gasteiger partial charge >= 0.3 is 0 Å². The van der Waals surface area contributed by atoms with Crippen LogP contribution < -0.4 is 11.1 Å². The summed E-state index contributed by atoms with van der Waals surface area (Å²) in [6.07, 6.45) is 3.39. The second-order valence-electron chi connectivity index (χ2n) is 5.41. The lowest BCUT2D eigenvalue weighted by Crippen LogP contribution is -2.38. The van der Waals surface area contributed by atoms with Crippen LogP contribution in [0.5, 0.6) is 0 Å². The van der Waals surface area contributed by atoms with Gasteiger partial charge in [-0.25, -0.2) is 0 Å². The van der Waals surface area contributed by atoms with Crippen LogP contribution in [0.1, 0.15) is 25.7 Å². The molecule has 2 unspecified atom stereocenters. The molecule has 3 N–H and O–H groups in total. The van der Waals surface area contributed by atoms with Gasteiger partial charge in [0.05, 0.1) is 10.8 Å². The summed E-state index contributed by atoms with van der Waals surface area (Å²) in [7, 11) is -1.04. The summed E-state index contributed by atoms with van der Waals surface area (Å²) < 4.78 is 13.0. The van der Waals surface area contributed by atoms with E-state index in [4.69, 9.17) is 5.73 Å². The highest BCUT2D eigenvalue weighted by molar-refractivity contribution is 9.10. The molecule has 1 aromatic carbocycles. The number of halogens is 2. The molecule has 1 fully saturated rings. The first kappa shape index (κ1) is 19.6. The Bertz CT molecular complexity index is 509. The Hall–Kier alpha value is -0.430. The lowest BCUT2D eigenvalue weighted by Gasteiger charge is -2.11. The number of hydrogen-bond donors (Lipinski definition) is 2. The minimum absolute atomic E-state index is 0. The molecule has 4 nitrogen and oxygen atoms in total. The number of benzene rings is 1. The zero-order valence-electron chi connectivity index (χ0n) is 12.3. The predicted octanol–water partition coefficient (Wildman–Crippen LogP) is 2.61. The summed E-state index contributed by atoms with van der Waals surface area (Å²) in [4.78, 5) is 12.5. The number of nitrogens with two attached hydrogens (primary N) is 1. The maximum absolute atomic E-state index is 12.0. The maximum atomic E-state index is 12.0. The van der Waals surface area contributed by atoms with Crippen LogP contribution in [0.3, 0.4) is 0 Å². The van der Waals surface area contributed by atoms with Crippen molar-refractivity contribution in [1.29, 1.82) is 0 Å². The maximum Gasteiger partial charge on any atom is 0.220 e. The quantitative estimate of drug-likeness (QED) is 0.693. The third-order valence-corrected chi connectivity index (χ3v) is 5.56. The van der Waals surface area contributed by atoms with Crippen molar-refractivity contribution in [2.75, 3.05) is 12.3 Å². The number of rotatable bonds is 8. The van der Waals surface area contributed by atoms with Crippen LogP contribution in [0.25, 0.3) is 0 Å². The minimum Gasteiger partial charge on any atom is -0.355 e. The second kappa shape index (κ2) is 9.65. The Morgan fingerprint density at radius 1 is 1.36 bits per heavy atom. The summed E-state index contributed by atoms with van der Waals surface area (Å²) in [6.45, 7) is 0.555.